The predicted octanol–water partition coefficient (Wildman–Crippen LogP) is 2.85. The van der Waals surface area contributed by atoms with Gasteiger partial charge in [0.2, 0.25) is 0 Å². The molecule has 3 nitrogen and oxygen atoms in total. The fourth-order valence-electron chi connectivity index (χ4n) is 2.41. The van der Waals surface area contributed by atoms with Gasteiger partial charge in [-0.25, -0.2) is 4.39 Å². The first-order valence-corrected chi connectivity index (χ1v) is 7.02. The van der Waals surface area contributed by atoms with Gasteiger partial charge in [0.1, 0.15) is 5.82 Å². The summed E-state index contributed by atoms with van der Waals surface area (Å²) < 4.78 is 13.4. The lowest BCUT2D eigenvalue weighted by atomic mass is 10.2. The van der Waals surface area contributed by atoms with Crippen LogP contribution >= 0.6 is 12.4 Å². The summed E-state index contributed by atoms with van der Waals surface area (Å²) in [6.45, 7) is 4.14. The highest BCUT2D eigenvalue weighted by molar-refractivity contribution is 5.94. The Hall–Kier alpha value is -1.13. The molecule has 0 spiro atoms. The van der Waals surface area contributed by atoms with Crippen LogP contribution in [0.15, 0.2) is 24.3 Å². The Morgan fingerprint density at radius 3 is 2.60 bits per heavy atom. The molecule has 0 unspecified atom stereocenters. The summed E-state index contributed by atoms with van der Waals surface area (Å²) >= 11 is 0. The third-order valence-corrected chi connectivity index (χ3v) is 3.50. The molecule has 1 fully saturated rings. The Labute approximate surface area is 125 Å². The molecule has 1 saturated heterocycles. The molecule has 112 valence electrons. The SMILES string of the molecule is Cl.O=C(NCCCCN1CCCC1)c1ccccc1F. The van der Waals surface area contributed by atoms with Gasteiger partial charge in [0.15, 0.2) is 0 Å². The first-order chi connectivity index (χ1) is 9.27. The van der Waals surface area contributed by atoms with Crippen molar-refractivity contribution in [2.75, 3.05) is 26.2 Å². The molecule has 1 N–H and O–H groups in total. The number of likely N-dealkylation sites (tertiary alicyclic amines) is 1. The van der Waals surface area contributed by atoms with Crippen LogP contribution in [0, 0.1) is 5.82 Å². The number of benzene rings is 1. The van der Waals surface area contributed by atoms with Crippen LogP contribution < -0.4 is 5.32 Å². The Morgan fingerprint density at radius 2 is 1.90 bits per heavy atom. The van der Waals surface area contributed by atoms with Gasteiger partial charge in [-0.05, 0) is 57.5 Å². The van der Waals surface area contributed by atoms with Crippen LogP contribution in [0.25, 0.3) is 0 Å². The van der Waals surface area contributed by atoms with Crippen LogP contribution in [-0.2, 0) is 0 Å². The summed E-state index contributed by atoms with van der Waals surface area (Å²) in [5.74, 6) is -0.781. The Bertz CT molecular complexity index is 422. The van der Waals surface area contributed by atoms with Gasteiger partial charge < -0.3 is 10.2 Å². The van der Waals surface area contributed by atoms with Gasteiger partial charge in [0.25, 0.3) is 5.91 Å². The Balaban J connectivity index is 0.00000200. The molecule has 20 heavy (non-hydrogen) atoms. The number of hydrogen-bond acceptors (Lipinski definition) is 2. The number of amides is 1. The molecule has 1 aliphatic heterocycles. The predicted molar refractivity (Wildman–Crippen MR) is 80.9 cm³/mol. The minimum Gasteiger partial charge on any atom is -0.352 e. The van der Waals surface area contributed by atoms with E-state index >= 15 is 0 Å². The van der Waals surface area contributed by atoms with Gasteiger partial charge in [-0.3, -0.25) is 4.79 Å². The zero-order chi connectivity index (χ0) is 13.5. The first-order valence-electron chi connectivity index (χ1n) is 7.02. The molecule has 1 aliphatic rings. The molecule has 1 aromatic rings. The first kappa shape index (κ1) is 16.9. The summed E-state index contributed by atoms with van der Waals surface area (Å²) in [4.78, 5) is 14.2. The molecule has 5 heteroatoms. The molecule has 1 aromatic carbocycles. The number of unbranched alkanes of at least 4 members (excludes halogenated alkanes) is 1. The van der Waals surface area contributed by atoms with Gasteiger partial charge in [-0.15, -0.1) is 12.4 Å². The molecule has 1 heterocycles. The van der Waals surface area contributed by atoms with E-state index < -0.39 is 5.82 Å². The van der Waals surface area contributed by atoms with Crippen molar-refractivity contribution in [2.45, 2.75) is 25.7 Å². The second kappa shape index (κ2) is 8.93. The Morgan fingerprint density at radius 1 is 1.20 bits per heavy atom. The van der Waals surface area contributed by atoms with Gasteiger partial charge in [-0.2, -0.15) is 0 Å². The van der Waals surface area contributed by atoms with Crippen LogP contribution in [0.4, 0.5) is 4.39 Å². The topological polar surface area (TPSA) is 32.3 Å². The van der Waals surface area contributed by atoms with Crippen molar-refractivity contribution in [1.82, 2.24) is 10.2 Å². The zero-order valence-corrected chi connectivity index (χ0v) is 12.4. The maximum Gasteiger partial charge on any atom is 0.254 e. The summed E-state index contributed by atoms with van der Waals surface area (Å²) in [6, 6.07) is 6.07. The zero-order valence-electron chi connectivity index (χ0n) is 11.6. The summed E-state index contributed by atoms with van der Waals surface area (Å²) in [7, 11) is 0. The lowest BCUT2D eigenvalue weighted by molar-refractivity contribution is 0.0948. The molecule has 0 radical (unpaired) electrons. The van der Waals surface area contributed by atoms with Crippen molar-refractivity contribution in [3.05, 3.63) is 35.6 Å². The number of hydrogen-bond donors (Lipinski definition) is 1. The highest BCUT2D eigenvalue weighted by atomic mass is 35.5. The molecule has 0 aliphatic carbocycles. The van der Waals surface area contributed by atoms with Crippen molar-refractivity contribution < 1.29 is 9.18 Å². The van der Waals surface area contributed by atoms with E-state index in [2.05, 4.69) is 10.2 Å². The highest BCUT2D eigenvalue weighted by Gasteiger charge is 2.11. The standard InChI is InChI=1S/C15H21FN2O.ClH/c16-14-8-2-1-7-13(14)15(19)17-9-3-4-10-18-11-5-6-12-18;/h1-2,7-8H,3-6,9-12H2,(H,17,19);1H. The third-order valence-electron chi connectivity index (χ3n) is 3.50. The summed E-state index contributed by atoms with van der Waals surface area (Å²) in [5, 5.41) is 2.77. The van der Waals surface area contributed by atoms with Crippen LogP contribution in [0.5, 0.6) is 0 Å². The highest BCUT2D eigenvalue weighted by Crippen LogP contribution is 2.08. The average molecular weight is 301 g/mol. The maximum absolute atomic E-state index is 13.4. The van der Waals surface area contributed by atoms with Crippen molar-refractivity contribution in [3.8, 4) is 0 Å². The van der Waals surface area contributed by atoms with Crippen LogP contribution in [-0.4, -0.2) is 37.0 Å². The number of nitrogens with zero attached hydrogens (tertiary/aromatic N) is 1. The minimum atomic E-state index is -0.461. The molecule has 0 bridgehead atoms. The summed E-state index contributed by atoms with van der Waals surface area (Å²) in [5.41, 5.74) is 0.127. The van der Waals surface area contributed by atoms with Crippen molar-refractivity contribution in [2.24, 2.45) is 0 Å². The number of rotatable bonds is 6. The lowest BCUT2D eigenvalue weighted by Crippen LogP contribution is -2.26. The number of carbonyl (C=O) groups is 1. The van der Waals surface area contributed by atoms with E-state index in [1.54, 1.807) is 12.1 Å². The van der Waals surface area contributed by atoms with E-state index in [9.17, 15) is 9.18 Å². The molecule has 0 aromatic heterocycles. The van der Waals surface area contributed by atoms with E-state index in [-0.39, 0.29) is 23.9 Å². The van der Waals surface area contributed by atoms with Gasteiger partial charge in [-0.1, -0.05) is 12.1 Å². The summed E-state index contributed by atoms with van der Waals surface area (Å²) in [6.07, 6.45) is 4.64. The van der Waals surface area contributed by atoms with E-state index in [0.29, 0.717) is 6.54 Å². The molecule has 0 saturated carbocycles. The second-order valence-electron chi connectivity index (χ2n) is 4.99. The van der Waals surface area contributed by atoms with Crippen LogP contribution in [0.1, 0.15) is 36.0 Å². The third kappa shape index (κ3) is 5.10. The molecular weight excluding hydrogens is 279 g/mol. The fraction of sp³-hybridized carbons (Fsp3) is 0.533. The van der Waals surface area contributed by atoms with Gasteiger partial charge in [0, 0.05) is 6.54 Å². The van der Waals surface area contributed by atoms with Crippen LogP contribution in [0.2, 0.25) is 0 Å². The smallest absolute Gasteiger partial charge is 0.254 e. The Kier molecular flexibility index (Phi) is 7.55. The van der Waals surface area contributed by atoms with Gasteiger partial charge >= 0.3 is 0 Å². The molecular formula is C15H22ClFN2O. The quantitative estimate of drug-likeness (QED) is 0.819. The number of halogens is 2. The van der Waals surface area contributed by atoms with Crippen LogP contribution in [0.3, 0.4) is 0 Å². The number of carbonyl (C=O) groups excluding carboxylic acids is 1. The van der Waals surface area contributed by atoms with E-state index in [4.69, 9.17) is 0 Å². The van der Waals surface area contributed by atoms with Gasteiger partial charge in [0.05, 0.1) is 5.56 Å². The molecule has 1 amide bonds. The lowest BCUT2D eigenvalue weighted by Gasteiger charge is -2.14. The second-order valence-corrected chi connectivity index (χ2v) is 4.99. The average Bonchev–Trinajstić information content (AvgIpc) is 2.92. The van der Waals surface area contributed by atoms with Crippen molar-refractivity contribution in [3.63, 3.8) is 0 Å². The fourth-order valence-corrected chi connectivity index (χ4v) is 2.41. The monoisotopic (exact) mass is 300 g/mol. The largest absolute Gasteiger partial charge is 0.352 e. The number of nitrogens with one attached hydrogen (secondary N) is 1. The molecule has 0 atom stereocenters. The minimum absolute atomic E-state index is 0. The van der Waals surface area contributed by atoms with E-state index in [0.717, 1.165) is 19.4 Å². The maximum atomic E-state index is 13.4. The van der Waals surface area contributed by atoms with E-state index in [1.807, 2.05) is 0 Å². The normalized spacial score (nSPS) is 14.8. The van der Waals surface area contributed by atoms with Crippen molar-refractivity contribution >= 4 is 18.3 Å². The van der Waals surface area contributed by atoms with Crippen molar-refractivity contribution in [1.29, 1.82) is 0 Å². The molecule has 2 rings (SSSR count). The van der Waals surface area contributed by atoms with E-state index in [1.165, 1.54) is 38.1 Å².